The van der Waals surface area contributed by atoms with Crippen LogP contribution in [-0.2, 0) is 0 Å². The number of nitrogens with one attached hydrogen (secondary N) is 1. The third-order valence-electron chi connectivity index (χ3n) is 0.825. The number of allylic oxidation sites excluding steroid dienone is 4. The maximum Gasteiger partial charge on any atom is 0.166 e. The maximum atomic E-state index is 7.13. The summed E-state index contributed by atoms with van der Waals surface area (Å²) in [5.41, 5.74) is 0.580. The summed E-state index contributed by atoms with van der Waals surface area (Å²) in [4.78, 5) is 0. The second-order valence-corrected chi connectivity index (χ2v) is 2.76. The van der Waals surface area contributed by atoms with E-state index in [0.29, 0.717) is 5.71 Å². The van der Waals surface area contributed by atoms with E-state index in [4.69, 9.17) is 5.41 Å². The minimum Gasteiger partial charge on any atom is -0.275 e. The Hall–Kier alpha value is -0.250. The molecule has 2 heteroatoms. The largest absolute Gasteiger partial charge is 0.275 e. The van der Waals surface area contributed by atoms with Gasteiger partial charge in [-0.15, -0.1) is 0 Å². The number of hydrogen-bond acceptors (Lipinski definition) is 1. The molecule has 1 aliphatic rings. The predicted molar refractivity (Wildman–Crippen MR) is 43.3 cm³/mol. The van der Waals surface area contributed by atoms with E-state index in [9.17, 15) is 0 Å². The van der Waals surface area contributed by atoms with E-state index in [1.807, 2.05) is 18.2 Å². The lowest BCUT2D eigenvalue weighted by molar-refractivity contribution is 1.50. The van der Waals surface area contributed by atoms with E-state index in [2.05, 4.69) is 22.6 Å². The Bertz CT molecular complexity index is 167. The lowest BCUT2D eigenvalue weighted by Crippen LogP contribution is -1.93. The molecule has 0 aromatic heterocycles. The van der Waals surface area contributed by atoms with Crippen molar-refractivity contribution in [3.05, 3.63) is 28.2 Å². The Morgan fingerprint density at radius 1 is 1.62 bits per heavy atom. The van der Waals surface area contributed by atoms with Crippen LogP contribution < -0.4 is 0 Å². The molecule has 1 aliphatic carbocycles. The summed E-state index contributed by atoms with van der Waals surface area (Å²) in [5.74, 6) is 0. The fourth-order valence-electron chi connectivity index (χ4n) is 0.488. The second-order valence-electron chi connectivity index (χ2n) is 1.51. The molecule has 1 N–H and O–H groups in total. The predicted octanol–water partition coefficient (Wildman–Crippen LogP) is 2.10. The standard InChI is InChI=1S/C6H5IN/c7-5-2-1-3-6(8)4-5/h1-4,8H/q+1. The fourth-order valence-corrected chi connectivity index (χ4v) is 1.03. The topological polar surface area (TPSA) is 23.9 Å². The van der Waals surface area contributed by atoms with Gasteiger partial charge in [-0.3, -0.25) is 5.41 Å². The van der Waals surface area contributed by atoms with Gasteiger partial charge in [-0.05, 0) is 22.6 Å². The summed E-state index contributed by atoms with van der Waals surface area (Å²) in [7, 11) is 0. The molecule has 0 bridgehead atoms. The van der Waals surface area contributed by atoms with Crippen LogP contribution in [0.3, 0.4) is 0 Å². The Morgan fingerprint density at radius 3 is 2.75 bits per heavy atom. The van der Waals surface area contributed by atoms with Crippen LogP contribution in [0.15, 0.2) is 21.8 Å². The van der Waals surface area contributed by atoms with Crippen LogP contribution in [0.5, 0.6) is 0 Å². The Kier molecular flexibility index (Phi) is 1.73. The summed E-state index contributed by atoms with van der Waals surface area (Å²) >= 11 is 2.19. The third-order valence-corrected chi connectivity index (χ3v) is 1.50. The first kappa shape index (κ1) is 5.88. The Morgan fingerprint density at radius 2 is 2.38 bits per heavy atom. The zero-order chi connectivity index (χ0) is 5.98. The number of rotatable bonds is 0. The third kappa shape index (κ3) is 1.36. The Labute approximate surface area is 62.1 Å². The van der Waals surface area contributed by atoms with Crippen molar-refractivity contribution in [2.24, 2.45) is 0 Å². The van der Waals surface area contributed by atoms with Gasteiger partial charge in [0, 0.05) is 0 Å². The van der Waals surface area contributed by atoms with Crippen LogP contribution in [0, 0.1) is 11.8 Å². The van der Waals surface area contributed by atoms with E-state index in [1.165, 1.54) is 0 Å². The van der Waals surface area contributed by atoms with Crippen molar-refractivity contribution >= 4 is 28.3 Å². The van der Waals surface area contributed by atoms with Gasteiger partial charge in [-0.1, -0.05) is 0 Å². The molecule has 1 rings (SSSR count). The highest BCUT2D eigenvalue weighted by atomic mass is 127. The fraction of sp³-hybridized carbons (Fsp3) is 0. The summed E-state index contributed by atoms with van der Waals surface area (Å²) in [6.07, 6.45) is 7.44. The van der Waals surface area contributed by atoms with Crippen LogP contribution in [0.25, 0.3) is 0 Å². The summed E-state index contributed by atoms with van der Waals surface area (Å²) < 4.78 is 1.12. The molecule has 0 aliphatic heterocycles. The lowest BCUT2D eigenvalue weighted by Gasteiger charge is -1.88. The molecule has 40 valence electrons. The van der Waals surface area contributed by atoms with E-state index in [0.717, 1.165) is 3.58 Å². The number of hydrogen-bond donors (Lipinski definition) is 1. The second kappa shape index (κ2) is 2.35. The van der Waals surface area contributed by atoms with Gasteiger partial charge in [0.1, 0.15) is 3.58 Å². The van der Waals surface area contributed by atoms with Crippen molar-refractivity contribution < 1.29 is 0 Å². The molecule has 0 fully saturated rings. The highest BCUT2D eigenvalue weighted by Crippen LogP contribution is 2.12. The van der Waals surface area contributed by atoms with Crippen molar-refractivity contribution in [1.29, 1.82) is 5.41 Å². The molecule has 0 heterocycles. The molecular weight excluding hydrogens is 213 g/mol. The van der Waals surface area contributed by atoms with Crippen molar-refractivity contribution in [1.82, 2.24) is 0 Å². The summed E-state index contributed by atoms with van der Waals surface area (Å²) in [6, 6.07) is 0. The van der Waals surface area contributed by atoms with E-state index in [1.54, 1.807) is 6.42 Å². The Balaban J connectivity index is 2.77. The highest BCUT2D eigenvalue weighted by molar-refractivity contribution is 14.1. The molecule has 0 amide bonds. The van der Waals surface area contributed by atoms with Gasteiger partial charge in [0.15, 0.2) is 5.71 Å². The summed E-state index contributed by atoms with van der Waals surface area (Å²) in [6.45, 7) is 0. The van der Waals surface area contributed by atoms with Crippen molar-refractivity contribution in [3.8, 4) is 0 Å². The van der Waals surface area contributed by atoms with Gasteiger partial charge >= 0.3 is 0 Å². The van der Waals surface area contributed by atoms with Gasteiger partial charge < -0.3 is 0 Å². The average molecular weight is 218 g/mol. The molecule has 0 spiro atoms. The van der Waals surface area contributed by atoms with Crippen LogP contribution in [0.4, 0.5) is 0 Å². The van der Waals surface area contributed by atoms with Crippen molar-refractivity contribution in [2.75, 3.05) is 0 Å². The van der Waals surface area contributed by atoms with Crippen molar-refractivity contribution in [2.45, 2.75) is 0 Å². The smallest absolute Gasteiger partial charge is 0.166 e. The molecule has 0 atom stereocenters. The first-order chi connectivity index (χ1) is 3.79. The summed E-state index contributed by atoms with van der Waals surface area (Å²) in [5, 5.41) is 7.13. The minimum absolute atomic E-state index is 0.580. The van der Waals surface area contributed by atoms with Crippen LogP contribution in [0.1, 0.15) is 0 Å². The molecule has 0 saturated carbocycles. The monoisotopic (exact) mass is 218 g/mol. The quantitative estimate of drug-likeness (QED) is 0.475. The number of halogens is 1. The van der Waals surface area contributed by atoms with Crippen LogP contribution >= 0.6 is 22.6 Å². The lowest BCUT2D eigenvalue weighted by atomic mass is 10.2. The first-order valence-corrected chi connectivity index (χ1v) is 3.34. The SMILES string of the molecule is N=C1C=C(I)C=C[CH+]1. The van der Waals surface area contributed by atoms with Gasteiger partial charge in [-0.25, -0.2) is 0 Å². The molecule has 0 radical (unpaired) electrons. The van der Waals surface area contributed by atoms with Crippen molar-refractivity contribution in [3.63, 3.8) is 0 Å². The van der Waals surface area contributed by atoms with Crippen LogP contribution in [0.2, 0.25) is 0 Å². The minimum atomic E-state index is 0.580. The van der Waals surface area contributed by atoms with Gasteiger partial charge in [0.05, 0.1) is 24.6 Å². The van der Waals surface area contributed by atoms with E-state index < -0.39 is 0 Å². The van der Waals surface area contributed by atoms with E-state index >= 15 is 0 Å². The zero-order valence-electron chi connectivity index (χ0n) is 4.19. The molecular formula is C6H5IN+. The molecule has 0 unspecified atom stereocenters. The average Bonchev–Trinajstić information content (AvgIpc) is 1.64. The molecule has 1 nitrogen and oxygen atoms in total. The van der Waals surface area contributed by atoms with E-state index in [-0.39, 0.29) is 0 Å². The first-order valence-electron chi connectivity index (χ1n) is 2.26. The molecule has 8 heavy (non-hydrogen) atoms. The van der Waals surface area contributed by atoms with Gasteiger partial charge in [-0.2, -0.15) is 0 Å². The normalized spacial score (nSPS) is 17.6. The molecule has 0 saturated heterocycles. The molecule has 0 aromatic rings. The highest BCUT2D eigenvalue weighted by Gasteiger charge is 2.05. The zero-order valence-corrected chi connectivity index (χ0v) is 6.34. The van der Waals surface area contributed by atoms with Gasteiger partial charge in [0.25, 0.3) is 0 Å². The van der Waals surface area contributed by atoms with Crippen LogP contribution in [-0.4, -0.2) is 5.71 Å². The van der Waals surface area contributed by atoms with Gasteiger partial charge in [0.2, 0.25) is 0 Å². The molecule has 0 aromatic carbocycles. The maximum absolute atomic E-state index is 7.13.